The molecule has 0 aliphatic heterocycles. The topological polar surface area (TPSA) is 54.9 Å². The van der Waals surface area contributed by atoms with Gasteiger partial charge in [0.2, 0.25) is 0 Å². The molecule has 0 unspecified atom stereocenters. The maximum atomic E-state index is 13.3. The summed E-state index contributed by atoms with van der Waals surface area (Å²) in [5, 5.41) is 2.21. The number of benzene rings is 1. The maximum absolute atomic E-state index is 13.3. The Morgan fingerprint density at radius 1 is 1.28 bits per heavy atom. The number of hydrogen-bond donors (Lipinski definition) is 1. The average molecular weight is 270 g/mol. The van der Waals surface area contributed by atoms with Crippen molar-refractivity contribution in [2.24, 2.45) is 0 Å². The molecule has 0 saturated carbocycles. The van der Waals surface area contributed by atoms with Crippen LogP contribution in [0.1, 0.15) is 10.5 Å². The lowest BCUT2D eigenvalue weighted by Gasteiger charge is -2.05. The second kappa shape index (κ2) is 5.05. The largest absolute Gasteiger partial charge is 0.318 e. The van der Waals surface area contributed by atoms with Crippen LogP contribution in [0.15, 0.2) is 30.6 Å². The fourth-order valence-electron chi connectivity index (χ4n) is 1.23. The van der Waals surface area contributed by atoms with Gasteiger partial charge >= 0.3 is 0 Å². The van der Waals surface area contributed by atoms with Crippen LogP contribution in [0.5, 0.6) is 0 Å². The molecule has 1 heterocycles. The first-order valence-electron chi connectivity index (χ1n) is 4.80. The van der Waals surface area contributed by atoms with E-state index in [0.29, 0.717) is 0 Å². The van der Waals surface area contributed by atoms with Gasteiger partial charge in [-0.1, -0.05) is 11.6 Å². The summed E-state index contributed by atoms with van der Waals surface area (Å²) in [5.41, 5.74) is -0.368. The van der Waals surface area contributed by atoms with E-state index in [-0.39, 0.29) is 16.5 Å². The number of nitrogens with zero attached hydrogens (tertiary/aromatic N) is 2. The number of nitrogens with one attached hydrogen (secondary N) is 1. The molecule has 1 aromatic carbocycles. The van der Waals surface area contributed by atoms with Crippen LogP contribution in [0.2, 0.25) is 5.15 Å². The third-order valence-electron chi connectivity index (χ3n) is 2.01. The van der Waals surface area contributed by atoms with Crippen molar-refractivity contribution in [1.29, 1.82) is 0 Å². The lowest BCUT2D eigenvalue weighted by Crippen LogP contribution is -2.15. The molecule has 2 rings (SSSR count). The van der Waals surface area contributed by atoms with E-state index in [1.54, 1.807) is 0 Å². The van der Waals surface area contributed by atoms with Crippen LogP contribution < -0.4 is 5.32 Å². The van der Waals surface area contributed by atoms with E-state index in [1.807, 2.05) is 0 Å². The Morgan fingerprint density at radius 3 is 2.78 bits per heavy atom. The monoisotopic (exact) mass is 269 g/mol. The van der Waals surface area contributed by atoms with Crippen molar-refractivity contribution in [3.63, 3.8) is 0 Å². The molecular formula is C11H6ClF2N3O. The van der Waals surface area contributed by atoms with Crippen LogP contribution in [-0.4, -0.2) is 15.9 Å². The summed E-state index contributed by atoms with van der Waals surface area (Å²) in [5.74, 6) is -2.14. The number of anilines is 1. The molecule has 0 saturated heterocycles. The van der Waals surface area contributed by atoms with Gasteiger partial charge in [0.25, 0.3) is 5.91 Å². The highest BCUT2D eigenvalue weighted by Crippen LogP contribution is 2.16. The number of carbonyl (C=O) groups is 1. The van der Waals surface area contributed by atoms with Crippen LogP contribution in [0.25, 0.3) is 0 Å². The van der Waals surface area contributed by atoms with Crippen molar-refractivity contribution in [2.75, 3.05) is 5.32 Å². The van der Waals surface area contributed by atoms with Crippen LogP contribution in [-0.2, 0) is 0 Å². The molecule has 4 nitrogen and oxygen atoms in total. The summed E-state index contributed by atoms with van der Waals surface area (Å²) >= 11 is 5.56. The zero-order valence-electron chi connectivity index (χ0n) is 8.82. The van der Waals surface area contributed by atoms with E-state index in [2.05, 4.69) is 15.3 Å². The van der Waals surface area contributed by atoms with Crippen LogP contribution in [0, 0.1) is 11.6 Å². The predicted molar refractivity (Wildman–Crippen MR) is 61.4 cm³/mol. The standard InChI is InChI=1S/C11H6ClF2N3O/c12-10-5-15-4-9(16-10)11(18)17-8-3-6(13)1-2-7(8)14/h1-5H,(H,17,18). The normalized spacial score (nSPS) is 10.2. The van der Waals surface area contributed by atoms with Gasteiger partial charge in [-0.15, -0.1) is 0 Å². The third-order valence-corrected chi connectivity index (χ3v) is 2.20. The average Bonchev–Trinajstić information content (AvgIpc) is 2.34. The summed E-state index contributed by atoms with van der Waals surface area (Å²) in [4.78, 5) is 19.0. The van der Waals surface area contributed by atoms with Crippen molar-refractivity contribution < 1.29 is 13.6 Å². The molecule has 0 radical (unpaired) electrons. The molecule has 0 atom stereocenters. The fourth-order valence-corrected chi connectivity index (χ4v) is 1.38. The number of amides is 1. The van der Waals surface area contributed by atoms with E-state index in [9.17, 15) is 13.6 Å². The first-order chi connectivity index (χ1) is 8.56. The Kier molecular flexibility index (Phi) is 3.47. The molecule has 1 amide bonds. The molecule has 0 spiro atoms. The first-order valence-corrected chi connectivity index (χ1v) is 5.18. The zero-order valence-corrected chi connectivity index (χ0v) is 9.58. The number of hydrogen-bond acceptors (Lipinski definition) is 3. The third kappa shape index (κ3) is 2.78. The molecule has 0 bridgehead atoms. The fraction of sp³-hybridized carbons (Fsp3) is 0. The van der Waals surface area contributed by atoms with Crippen molar-refractivity contribution in [2.45, 2.75) is 0 Å². The molecular weight excluding hydrogens is 264 g/mol. The molecule has 1 N–H and O–H groups in total. The maximum Gasteiger partial charge on any atom is 0.276 e. The van der Waals surface area contributed by atoms with Crippen molar-refractivity contribution in [3.8, 4) is 0 Å². The van der Waals surface area contributed by atoms with E-state index in [0.717, 1.165) is 18.2 Å². The number of carbonyl (C=O) groups excluding carboxylic acids is 1. The van der Waals surface area contributed by atoms with Crippen molar-refractivity contribution in [1.82, 2.24) is 9.97 Å². The summed E-state index contributed by atoms with van der Waals surface area (Å²) in [6.07, 6.45) is 2.42. The number of rotatable bonds is 2. The first kappa shape index (κ1) is 12.4. The van der Waals surface area contributed by atoms with Crippen molar-refractivity contribution in [3.05, 3.63) is 53.1 Å². The summed E-state index contributed by atoms with van der Waals surface area (Å²) in [7, 11) is 0. The Bertz CT molecular complexity index is 607. The minimum atomic E-state index is -0.750. The predicted octanol–water partition coefficient (Wildman–Crippen LogP) is 2.66. The molecule has 0 fully saturated rings. The van der Waals surface area contributed by atoms with Gasteiger partial charge < -0.3 is 5.32 Å². The quantitative estimate of drug-likeness (QED) is 0.912. The molecule has 1 aromatic heterocycles. The van der Waals surface area contributed by atoms with Crippen LogP contribution in [0.4, 0.5) is 14.5 Å². The van der Waals surface area contributed by atoms with Crippen LogP contribution >= 0.6 is 11.6 Å². The smallest absolute Gasteiger partial charge is 0.276 e. The molecule has 7 heteroatoms. The Labute approximate surface area is 106 Å². The van der Waals surface area contributed by atoms with Gasteiger partial charge in [-0.2, -0.15) is 0 Å². The second-order valence-corrected chi connectivity index (χ2v) is 3.69. The highest BCUT2D eigenvalue weighted by atomic mass is 35.5. The van der Waals surface area contributed by atoms with Gasteiger partial charge in [0.05, 0.1) is 18.1 Å². The number of halogens is 3. The zero-order chi connectivity index (χ0) is 13.1. The second-order valence-electron chi connectivity index (χ2n) is 3.31. The van der Waals surface area contributed by atoms with E-state index >= 15 is 0 Å². The SMILES string of the molecule is O=C(Nc1cc(F)ccc1F)c1cncc(Cl)n1. The highest BCUT2D eigenvalue weighted by Gasteiger charge is 2.12. The van der Waals surface area contributed by atoms with E-state index in [1.165, 1.54) is 12.4 Å². The van der Waals surface area contributed by atoms with Crippen LogP contribution in [0.3, 0.4) is 0 Å². The minimum Gasteiger partial charge on any atom is -0.318 e. The lowest BCUT2D eigenvalue weighted by atomic mass is 10.3. The summed E-state index contributed by atoms with van der Waals surface area (Å²) < 4.78 is 26.2. The van der Waals surface area contributed by atoms with Gasteiger partial charge in [-0.3, -0.25) is 9.78 Å². The number of aromatic nitrogens is 2. The molecule has 0 aliphatic rings. The minimum absolute atomic E-state index is 0.0300. The summed E-state index contributed by atoms with van der Waals surface area (Å²) in [6.45, 7) is 0. The molecule has 92 valence electrons. The Hall–Kier alpha value is -2.08. The molecule has 18 heavy (non-hydrogen) atoms. The molecule has 0 aliphatic carbocycles. The lowest BCUT2D eigenvalue weighted by molar-refractivity contribution is 0.102. The Balaban J connectivity index is 2.24. The van der Waals surface area contributed by atoms with Gasteiger partial charge in [0, 0.05) is 6.07 Å². The van der Waals surface area contributed by atoms with Crippen molar-refractivity contribution >= 4 is 23.2 Å². The van der Waals surface area contributed by atoms with Gasteiger partial charge in [0.1, 0.15) is 22.5 Å². The Morgan fingerprint density at radius 2 is 2.06 bits per heavy atom. The van der Waals surface area contributed by atoms with Gasteiger partial charge in [0.15, 0.2) is 0 Å². The molecule has 2 aromatic rings. The summed E-state index contributed by atoms with van der Waals surface area (Å²) in [6, 6.07) is 2.73. The van der Waals surface area contributed by atoms with E-state index < -0.39 is 17.5 Å². The van der Waals surface area contributed by atoms with Gasteiger partial charge in [-0.25, -0.2) is 13.8 Å². The van der Waals surface area contributed by atoms with Gasteiger partial charge in [-0.05, 0) is 12.1 Å². The highest BCUT2D eigenvalue weighted by molar-refractivity contribution is 6.29. The van der Waals surface area contributed by atoms with E-state index in [4.69, 9.17) is 11.6 Å².